The lowest BCUT2D eigenvalue weighted by Crippen LogP contribution is -2.38. The molecule has 0 radical (unpaired) electrons. The van der Waals surface area contributed by atoms with E-state index in [1.807, 2.05) is 14.0 Å². The predicted octanol–water partition coefficient (Wildman–Crippen LogP) is 0.766. The molecule has 6 nitrogen and oxygen atoms in total. The molecule has 1 aromatic heterocycles. The van der Waals surface area contributed by atoms with Crippen molar-refractivity contribution in [1.82, 2.24) is 25.0 Å². The Bertz CT molecular complexity index is 448. The molecule has 2 heterocycles. The van der Waals surface area contributed by atoms with Crippen LogP contribution in [0.4, 0.5) is 0 Å². The van der Waals surface area contributed by atoms with Crippen molar-refractivity contribution in [2.45, 2.75) is 44.8 Å². The Morgan fingerprint density at radius 1 is 1.47 bits per heavy atom. The molecule has 19 heavy (non-hydrogen) atoms. The van der Waals surface area contributed by atoms with Crippen molar-refractivity contribution in [2.24, 2.45) is 0 Å². The van der Waals surface area contributed by atoms with Crippen molar-refractivity contribution >= 4 is 0 Å². The summed E-state index contributed by atoms with van der Waals surface area (Å²) in [4.78, 5) is 2.41. The van der Waals surface area contributed by atoms with Crippen LogP contribution in [0, 0.1) is 11.3 Å². The molecule has 0 fully saturated rings. The van der Waals surface area contributed by atoms with Crippen molar-refractivity contribution in [3.63, 3.8) is 0 Å². The molecule has 1 atom stereocenters. The SMILES string of the molecule is CNC(C)(C#N)CCCCN1CCn2cnnc2C1. The molecular weight excluding hydrogens is 240 g/mol. The molecule has 1 aliphatic heterocycles. The van der Waals surface area contributed by atoms with Crippen molar-refractivity contribution in [3.05, 3.63) is 12.2 Å². The lowest BCUT2D eigenvalue weighted by atomic mass is 9.97. The maximum absolute atomic E-state index is 9.08. The highest BCUT2D eigenvalue weighted by atomic mass is 15.3. The number of nitrogens with one attached hydrogen (secondary N) is 1. The first kappa shape index (κ1) is 14.0. The molecule has 1 aromatic rings. The van der Waals surface area contributed by atoms with E-state index in [4.69, 9.17) is 5.26 Å². The van der Waals surface area contributed by atoms with Gasteiger partial charge in [0.15, 0.2) is 0 Å². The maximum Gasteiger partial charge on any atom is 0.147 e. The zero-order valence-electron chi connectivity index (χ0n) is 11.8. The minimum absolute atomic E-state index is 0.387. The van der Waals surface area contributed by atoms with E-state index in [0.29, 0.717) is 0 Å². The van der Waals surface area contributed by atoms with Crippen LogP contribution in [0.2, 0.25) is 0 Å². The molecular formula is C13H22N6. The van der Waals surface area contributed by atoms with Crippen LogP contribution in [-0.2, 0) is 13.1 Å². The largest absolute Gasteiger partial charge is 0.315 e. The molecule has 0 saturated carbocycles. The van der Waals surface area contributed by atoms with E-state index >= 15 is 0 Å². The van der Waals surface area contributed by atoms with Crippen LogP contribution in [-0.4, -0.2) is 45.3 Å². The van der Waals surface area contributed by atoms with Crippen LogP contribution in [0.1, 0.15) is 32.0 Å². The minimum atomic E-state index is -0.387. The van der Waals surface area contributed by atoms with Crippen molar-refractivity contribution < 1.29 is 0 Å². The van der Waals surface area contributed by atoms with Gasteiger partial charge in [0, 0.05) is 13.1 Å². The third-order valence-corrected chi connectivity index (χ3v) is 3.92. The second-order valence-electron chi connectivity index (χ2n) is 5.37. The normalized spacial score (nSPS) is 18.6. The number of aromatic nitrogens is 3. The lowest BCUT2D eigenvalue weighted by molar-refractivity contribution is 0.211. The van der Waals surface area contributed by atoms with E-state index in [-0.39, 0.29) is 5.54 Å². The standard InChI is InChI=1S/C13H22N6/c1-13(10-14,15-2)5-3-4-6-18-7-8-19-11-16-17-12(19)9-18/h11,15H,3-9H2,1-2H3. The van der Waals surface area contributed by atoms with Gasteiger partial charge < -0.3 is 9.88 Å². The highest BCUT2D eigenvalue weighted by Gasteiger charge is 2.21. The second-order valence-corrected chi connectivity index (χ2v) is 5.37. The van der Waals surface area contributed by atoms with E-state index in [1.54, 1.807) is 6.33 Å². The first-order valence-corrected chi connectivity index (χ1v) is 6.86. The van der Waals surface area contributed by atoms with E-state index in [2.05, 4.69) is 31.1 Å². The molecule has 0 amide bonds. The summed E-state index contributed by atoms with van der Waals surface area (Å²) >= 11 is 0. The zero-order valence-corrected chi connectivity index (χ0v) is 11.8. The number of hydrogen-bond acceptors (Lipinski definition) is 5. The molecule has 0 spiro atoms. The Morgan fingerprint density at radius 3 is 3.05 bits per heavy atom. The van der Waals surface area contributed by atoms with Gasteiger partial charge in [0.05, 0.1) is 12.6 Å². The van der Waals surface area contributed by atoms with E-state index in [1.165, 1.54) is 0 Å². The number of nitriles is 1. The van der Waals surface area contributed by atoms with Crippen molar-refractivity contribution in [3.8, 4) is 6.07 Å². The van der Waals surface area contributed by atoms with Gasteiger partial charge in [-0.15, -0.1) is 10.2 Å². The van der Waals surface area contributed by atoms with Crippen LogP contribution in [0.3, 0.4) is 0 Å². The monoisotopic (exact) mass is 262 g/mol. The number of rotatable bonds is 6. The third-order valence-electron chi connectivity index (χ3n) is 3.92. The Hall–Kier alpha value is -1.45. The summed E-state index contributed by atoms with van der Waals surface area (Å²) < 4.78 is 2.12. The molecule has 104 valence electrons. The van der Waals surface area contributed by atoms with E-state index < -0.39 is 0 Å². The fourth-order valence-corrected chi connectivity index (χ4v) is 2.36. The summed E-state index contributed by atoms with van der Waals surface area (Å²) in [6.45, 7) is 5.96. The smallest absolute Gasteiger partial charge is 0.147 e. The predicted molar refractivity (Wildman–Crippen MR) is 72.2 cm³/mol. The van der Waals surface area contributed by atoms with Crippen molar-refractivity contribution in [2.75, 3.05) is 20.1 Å². The summed E-state index contributed by atoms with van der Waals surface area (Å²) in [5.74, 6) is 1.06. The highest BCUT2D eigenvalue weighted by Crippen LogP contribution is 2.14. The summed E-state index contributed by atoms with van der Waals surface area (Å²) in [5.41, 5.74) is -0.387. The summed E-state index contributed by atoms with van der Waals surface area (Å²) in [5, 5.41) is 20.2. The summed E-state index contributed by atoms with van der Waals surface area (Å²) in [6.07, 6.45) is 4.88. The van der Waals surface area contributed by atoms with Crippen LogP contribution in [0.5, 0.6) is 0 Å². The molecule has 2 rings (SSSR count). The van der Waals surface area contributed by atoms with Crippen molar-refractivity contribution in [1.29, 1.82) is 5.26 Å². The highest BCUT2D eigenvalue weighted by molar-refractivity contribution is 5.02. The fourth-order valence-electron chi connectivity index (χ4n) is 2.36. The first-order chi connectivity index (χ1) is 9.17. The summed E-state index contributed by atoms with van der Waals surface area (Å²) in [6, 6.07) is 2.33. The van der Waals surface area contributed by atoms with E-state index in [0.717, 1.165) is 51.3 Å². The average Bonchev–Trinajstić information content (AvgIpc) is 2.91. The van der Waals surface area contributed by atoms with Gasteiger partial charge in [-0.3, -0.25) is 4.90 Å². The Morgan fingerprint density at radius 2 is 2.32 bits per heavy atom. The lowest BCUT2D eigenvalue weighted by Gasteiger charge is -2.27. The quantitative estimate of drug-likeness (QED) is 0.767. The zero-order chi connectivity index (χ0) is 13.7. The number of hydrogen-bond donors (Lipinski definition) is 1. The van der Waals surface area contributed by atoms with Gasteiger partial charge in [-0.2, -0.15) is 5.26 Å². The van der Waals surface area contributed by atoms with Gasteiger partial charge in [0.25, 0.3) is 0 Å². The van der Waals surface area contributed by atoms with Gasteiger partial charge in [0.1, 0.15) is 17.7 Å². The van der Waals surface area contributed by atoms with Crippen LogP contribution in [0.15, 0.2) is 6.33 Å². The Balaban J connectivity index is 1.69. The number of fused-ring (bicyclic) bond motifs is 1. The Labute approximate surface area is 114 Å². The van der Waals surface area contributed by atoms with Crippen LogP contribution >= 0.6 is 0 Å². The minimum Gasteiger partial charge on any atom is -0.315 e. The van der Waals surface area contributed by atoms with Gasteiger partial charge in [-0.05, 0) is 39.8 Å². The average molecular weight is 262 g/mol. The van der Waals surface area contributed by atoms with Crippen LogP contribution < -0.4 is 5.32 Å². The topological polar surface area (TPSA) is 69.8 Å². The molecule has 1 aliphatic rings. The molecule has 1 N–H and O–H groups in total. The van der Waals surface area contributed by atoms with Gasteiger partial charge >= 0.3 is 0 Å². The number of nitrogens with zero attached hydrogens (tertiary/aromatic N) is 5. The molecule has 0 aliphatic carbocycles. The molecule has 6 heteroatoms. The third kappa shape index (κ3) is 3.52. The molecule has 0 bridgehead atoms. The molecule has 1 unspecified atom stereocenters. The molecule has 0 saturated heterocycles. The Kier molecular flexibility index (Phi) is 4.51. The van der Waals surface area contributed by atoms with Gasteiger partial charge in [0.2, 0.25) is 0 Å². The first-order valence-electron chi connectivity index (χ1n) is 6.86. The second kappa shape index (κ2) is 6.13. The van der Waals surface area contributed by atoms with Gasteiger partial charge in [-0.1, -0.05) is 0 Å². The van der Waals surface area contributed by atoms with E-state index in [9.17, 15) is 0 Å². The van der Waals surface area contributed by atoms with Crippen LogP contribution in [0.25, 0.3) is 0 Å². The fraction of sp³-hybridized carbons (Fsp3) is 0.769. The molecule has 0 aromatic carbocycles. The maximum atomic E-state index is 9.08. The van der Waals surface area contributed by atoms with Gasteiger partial charge in [-0.25, -0.2) is 0 Å². The summed E-state index contributed by atoms with van der Waals surface area (Å²) in [7, 11) is 1.85. The number of unbranched alkanes of at least 4 members (excludes halogenated alkanes) is 1.